The summed E-state index contributed by atoms with van der Waals surface area (Å²) in [5.41, 5.74) is 8.81. The Morgan fingerprint density at radius 2 is 1.79 bits per heavy atom. The minimum Gasteiger partial charge on any atom is -0.508 e. The highest BCUT2D eigenvalue weighted by atomic mass is 16.4. The van der Waals surface area contributed by atoms with E-state index in [0.29, 0.717) is 31.4 Å². The molecule has 206 valence electrons. The van der Waals surface area contributed by atoms with Crippen molar-refractivity contribution >= 4 is 34.6 Å². The normalized spacial score (nSPS) is 17.4. The maximum atomic E-state index is 13.4. The Hall–Kier alpha value is -4.38. The van der Waals surface area contributed by atoms with Gasteiger partial charge in [0, 0.05) is 30.1 Å². The summed E-state index contributed by atoms with van der Waals surface area (Å²) in [6, 6.07) is 9.93. The van der Waals surface area contributed by atoms with Gasteiger partial charge in [-0.05, 0) is 55.5 Å². The maximum Gasteiger partial charge on any atom is 0.325 e. The summed E-state index contributed by atoms with van der Waals surface area (Å²) in [7, 11) is 0. The Morgan fingerprint density at radius 1 is 1.08 bits per heavy atom. The third-order valence-electron chi connectivity index (χ3n) is 7.01. The fraction of sp³-hybridized carbons (Fsp3) is 0.357. The molecule has 0 aliphatic carbocycles. The van der Waals surface area contributed by atoms with Gasteiger partial charge in [-0.2, -0.15) is 0 Å². The zero-order valence-corrected chi connectivity index (χ0v) is 21.6. The number of phenols is 1. The van der Waals surface area contributed by atoms with Crippen molar-refractivity contribution in [2.75, 3.05) is 6.54 Å². The number of fused-ring (bicyclic) bond motifs is 1. The molecule has 4 unspecified atom stereocenters. The van der Waals surface area contributed by atoms with Gasteiger partial charge in [0.25, 0.3) is 0 Å². The SMILES string of the molecule is CC(NC(=O)C(Cc1ccc(O)cc1)NC(=O)C1CCCN1C(=O)C(N)Cc1c[nH]c2ccccc12)C(=O)O. The standard InChI is InChI=1S/C28H33N5O6/c1-16(28(38)39)31-25(35)23(13-17-8-10-19(34)11-9-17)32-26(36)24-7-4-12-33(24)27(37)21(29)14-18-15-30-22-6-3-2-5-20(18)22/h2-3,5-6,8-11,15-16,21,23-24,30,34H,4,7,12-14,29H2,1H3,(H,31,35)(H,32,36)(H,38,39). The van der Waals surface area contributed by atoms with Crippen molar-refractivity contribution in [3.05, 3.63) is 65.9 Å². The lowest BCUT2D eigenvalue weighted by molar-refractivity contribution is -0.142. The Labute approximate surface area is 225 Å². The Kier molecular flexibility index (Phi) is 8.50. The van der Waals surface area contributed by atoms with Crippen LogP contribution in [0.5, 0.6) is 5.75 Å². The number of nitrogens with zero attached hydrogens (tertiary/aromatic N) is 1. The van der Waals surface area contributed by atoms with Gasteiger partial charge in [-0.3, -0.25) is 19.2 Å². The van der Waals surface area contributed by atoms with E-state index in [2.05, 4.69) is 15.6 Å². The fourth-order valence-corrected chi connectivity index (χ4v) is 4.86. The van der Waals surface area contributed by atoms with Crippen molar-refractivity contribution in [2.45, 2.75) is 56.8 Å². The minimum absolute atomic E-state index is 0.0485. The van der Waals surface area contributed by atoms with E-state index in [4.69, 9.17) is 5.73 Å². The average molecular weight is 536 g/mol. The number of aliphatic carboxylic acids is 1. The van der Waals surface area contributed by atoms with E-state index < -0.39 is 42.0 Å². The number of nitrogens with two attached hydrogens (primary N) is 1. The molecule has 0 bridgehead atoms. The molecule has 7 N–H and O–H groups in total. The lowest BCUT2D eigenvalue weighted by Gasteiger charge is -2.28. The number of hydrogen-bond donors (Lipinski definition) is 6. The van der Waals surface area contributed by atoms with Crippen molar-refractivity contribution in [3.63, 3.8) is 0 Å². The van der Waals surface area contributed by atoms with Crippen LogP contribution in [0.4, 0.5) is 0 Å². The van der Waals surface area contributed by atoms with Crippen LogP contribution in [0.1, 0.15) is 30.9 Å². The van der Waals surface area contributed by atoms with Crippen molar-refractivity contribution in [1.82, 2.24) is 20.5 Å². The zero-order chi connectivity index (χ0) is 28.1. The lowest BCUT2D eigenvalue weighted by Crippen LogP contribution is -2.57. The summed E-state index contributed by atoms with van der Waals surface area (Å²) in [5.74, 6) is -2.69. The summed E-state index contributed by atoms with van der Waals surface area (Å²) < 4.78 is 0. The van der Waals surface area contributed by atoms with Gasteiger partial charge in [-0.1, -0.05) is 30.3 Å². The van der Waals surface area contributed by atoms with Crippen LogP contribution in [0.25, 0.3) is 10.9 Å². The van der Waals surface area contributed by atoms with Gasteiger partial charge in [0.1, 0.15) is 23.9 Å². The first-order valence-corrected chi connectivity index (χ1v) is 12.9. The second kappa shape index (κ2) is 12.0. The number of aromatic amines is 1. The predicted molar refractivity (Wildman–Crippen MR) is 144 cm³/mol. The van der Waals surface area contributed by atoms with Crippen LogP contribution >= 0.6 is 0 Å². The molecule has 2 aromatic carbocycles. The lowest BCUT2D eigenvalue weighted by atomic mass is 10.0. The van der Waals surface area contributed by atoms with Crippen molar-refractivity contribution in [2.24, 2.45) is 5.73 Å². The molecule has 3 aromatic rings. The predicted octanol–water partition coefficient (Wildman–Crippen LogP) is 1.05. The molecule has 1 aliphatic heterocycles. The van der Waals surface area contributed by atoms with Gasteiger partial charge >= 0.3 is 5.97 Å². The number of likely N-dealkylation sites (tertiary alicyclic amines) is 1. The van der Waals surface area contributed by atoms with Crippen molar-refractivity contribution < 1.29 is 29.4 Å². The summed E-state index contributed by atoms with van der Waals surface area (Å²) in [5, 5.41) is 24.8. The van der Waals surface area contributed by atoms with Crippen molar-refractivity contribution in [1.29, 1.82) is 0 Å². The number of carboxylic acids is 1. The smallest absolute Gasteiger partial charge is 0.325 e. The largest absolute Gasteiger partial charge is 0.508 e. The van der Waals surface area contributed by atoms with Crippen LogP contribution in [0.15, 0.2) is 54.7 Å². The van der Waals surface area contributed by atoms with Gasteiger partial charge in [-0.15, -0.1) is 0 Å². The Bertz CT molecular complexity index is 1350. The average Bonchev–Trinajstić information content (AvgIpc) is 3.57. The van der Waals surface area contributed by atoms with Crippen LogP contribution in [-0.2, 0) is 32.0 Å². The second-order valence-electron chi connectivity index (χ2n) is 9.86. The quantitative estimate of drug-likeness (QED) is 0.225. The highest BCUT2D eigenvalue weighted by Gasteiger charge is 2.38. The summed E-state index contributed by atoms with van der Waals surface area (Å²) in [4.78, 5) is 55.5. The van der Waals surface area contributed by atoms with Crippen LogP contribution in [-0.4, -0.2) is 74.5 Å². The number of amides is 3. The summed E-state index contributed by atoms with van der Waals surface area (Å²) >= 11 is 0. The minimum atomic E-state index is -1.21. The fourth-order valence-electron chi connectivity index (χ4n) is 4.86. The number of hydrogen-bond acceptors (Lipinski definition) is 6. The highest BCUT2D eigenvalue weighted by molar-refractivity contribution is 5.95. The van der Waals surface area contributed by atoms with Gasteiger partial charge in [0.05, 0.1) is 6.04 Å². The first kappa shape index (κ1) is 27.6. The van der Waals surface area contributed by atoms with E-state index in [1.807, 2.05) is 30.5 Å². The molecular weight excluding hydrogens is 502 g/mol. The number of carbonyl (C=O) groups excluding carboxylic acids is 3. The van der Waals surface area contributed by atoms with E-state index in [1.165, 1.54) is 24.0 Å². The molecule has 0 saturated carbocycles. The number of para-hydroxylation sites is 1. The molecule has 1 fully saturated rings. The van der Waals surface area contributed by atoms with Gasteiger partial charge in [-0.25, -0.2) is 0 Å². The molecule has 0 spiro atoms. The van der Waals surface area contributed by atoms with Crippen molar-refractivity contribution in [3.8, 4) is 5.75 Å². The van der Waals surface area contributed by atoms with Crippen LogP contribution in [0.3, 0.4) is 0 Å². The van der Waals surface area contributed by atoms with Crippen LogP contribution < -0.4 is 16.4 Å². The van der Waals surface area contributed by atoms with Crippen LogP contribution in [0.2, 0.25) is 0 Å². The Balaban J connectivity index is 1.46. The maximum absolute atomic E-state index is 13.4. The van der Waals surface area contributed by atoms with E-state index in [9.17, 15) is 29.4 Å². The molecule has 1 aliphatic rings. The molecule has 1 saturated heterocycles. The summed E-state index contributed by atoms with van der Waals surface area (Å²) in [6.07, 6.45) is 3.21. The molecular formula is C28H33N5O6. The molecule has 39 heavy (non-hydrogen) atoms. The Morgan fingerprint density at radius 3 is 2.51 bits per heavy atom. The number of benzene rings is 2. The number of carbonyl (C=O) groups is 4. The molecule has 1 aromatic heterocycles. The number of rotatable bonds is 10. The number of carboxylic acid groups (broad SMARTS) is 1. The third-order valence-corrected chi connectivity index (χ3v) is 7.01. The first-order valence-electron chi connectivity index (χ1n) is 12.9. The summed E-state index contributed by atoms with van der Waals surface area (Å²) in [6.45, 7) is 1.69. The molecule has 0 radical (unpaired) electrons. The van der Waals surface area contributed by atoms with Gasteiger partial charge < -0.3 is 36.5 Å². The first-order chi connectivity index (χ1) is 18.6. The monoisotopic (exact) mass is 535 g/mol. The number of aromatic nitrogens is 1. The molecule has 4 rings (SSSR count). The van der Waals surface area contributed by atoms with E-state index in [-0.39, 0.29) is 18.1 Å². The molecule has 11 heteroatoms. The molecule has 2 heterocycles. The number of phenolic OH excluding ortho intramolecular Hbond substituents is 1. The second-order valence-corrected chi connectivity index (χ2v) is 9.86. The van der Waals surface area contributed by atoms with Crippen LogP contribution in [0, 0.1) is 0 Å². The molecule has 11 nitrogen and oxygen atoms in total. The molecule has 4 atom stereocenters. The van der Waals surface area contributed by atoms with E-state index in [0.717, 1.165) is 16.5 Å². The number of H-pyrrole nitrogens is 1. The highest BCUT2D eigenvalue weighted by Crippen LogP contribution is 2.22. The zero-order valence-electron chi connectivity index (χ0n) is 21.6. The third kappa shape index (κ3) is 6.55. The van der Waals surface area contributed by atoms with Gasteiger partial charge in [0.2, 0.25) is 17.7 Å². The van der Waals surface area contributed by atoms with E-state index in [1.54, 1.807) is 12.1 Å². The number of nitrogens with one attached hydrogen (secondary N) is 3. The van der Waals surface area contributed by atoms with Gasteiger partial charge in [0.15, 0.2) is 0 Å². The van der Waals surface area contributed by atoms with E-state index >= 15 is 0 Å². The topological polar surface area (TPSA) is 178 Å². The molecule has 3 amide bonds. The number of aromatic hydroxyl groups is 1.